The Labute approximate surface area is 129 Å². The molecule has 106 valence electrons. The molecule has 3 aromatic rings. The number of benzene rings is 3. The fourth-order valence-electron chi connectivity index (χ4n) is 3.03. The number of ketones is 1. The molecule has 1 aliphatic rings. The highest BCUT2D eigenvalue weighted by Gasteiger charge is 2.12. The van der Waals surface area contributed by atoms with Gasteiger partial charge >= 0.3 is 0 Å². The van der Waals surface area contributed by atoms with Crippen LogP contribution in [0.25, 0.3) is 21.5 Å². The van der Waals surface area contributed by atoms with Gasteiger partial charge in [-0.15, -0.1) is 0 Å². The predicted octanol–water partition coefficient (Wildman–Crippen LogP) is 5.45. The Balaban J connectivity index is 1.82. The Bertz CT molecular complexity index is 944. The molecule has 0 bridgehead atoms. The van der Waals surface area contributed by atoms with Crippen LogP contribution in [0.1, 0.15) is 23.2 Å². The van der Waals surface area contributed by atoms with Gasteiger partial charge in [0.25, 0.3) is 0 Å². The zero-order valence-electron chi connectivity index (χ0n) is 12.3. The first-order chi connectivity index (χ1) is 10.8. The molecule has 0 saturated heterocycles. The van der Waals surface area contributed by atoms with Gasteiger partial charge in [0.05, 0.1) is 0 Å². The minimum Gasteiger partial charge on any atom is -0.289 e. The minimum atomic E-state index is 0.117. The van der Waals surface area contributed by atoms with Gasteiger partial charge in [0, 0.05) is 11.1 Å². The summed E-state index contributed by atoms with van der Waals surface area (Å²) < 4.78 is 0. The second-order valence-corrected chi connectivity index (χ2v) is 5.73. The molecule has 0 aliphatic heterocycles. The summed E-state index contributed by atoms with van der Waals surface area (Å²) in [7, 11) is 0. The van der Waals surface area contributed by atoms with Gasteiger partial charge in [0.1, 0.15) is 0 Å². The lowest BCUT2D eigenvalue weighted by Gasteiger charge is -2.08. The van der Waals surface area contributed by atoms with Crippen LogP contribution in [0.2, 0.25) is 0 Å². The van der Waals surface area contributed by atoms with E-state index >= 15 is 0 Å². The highest BCUT2D eigenvalue weighted by Crippen LogP contribution is 2.25. The number of rotatable bonds is 2. The third kappa shape index (κ3) is 2.25. The molecule has 0 saturated carbocycles. The molecule has 3 aromatic carbocycles. The molecule has 22 heavy (non-hydrogen) atoms. The summed E-state index contributed by atoms with van der Waals surface area (Å²) in [5.41, 5.74) is 1.58. The van der Waals surface area contributed by atoms with Gasteiger partial charge in [-0.2, -0.15) is 0 Å². The van der Waals surface area contributed by atoms with Crippen molar-refractivity contribution in [3.8, 4) is 0 Å². The van der Waals surface area contributed by atoms with Crippen LogP contribution in [0.5, 0.6) is 0 Å². The van der Waals surface area contributed by atoms with E-state index in [1.54, 1.807) is 0 Å². The molecular weight excluding hydrogens is 268 g/mol. The van der Waals surface area contributed by atoms with E-state index < -0.39 is 0 Å². The molecule has 1 aliphatic carbocycles. The third-order valence-corrected chi connectivity index (χ3v) is 4.22. The number of allylic oxidation sites excluding steroid dienone is 4. The van der Waals surface area contributed by atoms with Crippen molar-refractivity contribution in [3.63, 3.8) is 0 Å². The van der Waals surface area contributed by atoms with Crippen molar-refractivity contribution in [2.75, 3.05) is 0 Å². The molecule has 0 radical (unpaired) electrons. The SMILES string of the molecule is O=C(C1=CCCC=C1)c1ccc2cc3ccccc3cc2c1. The molecule has 1 heteroatoms. The molecular formula is C21H16O. The van der Waals surface area contributed by atoms with Crippen LogP contribution < -0.4 is 0 Å². The van der Waals surface area contributed by atoms with Crippen molar-refractivity contribution in [2.45, 2.75) is 12.8 Å². The lowest BCUT2D eigenvalue weighted by atomic mass is 9.95. The van der Waals surface area contributed by atoms with E-state index in [1.165, 1.54) is 16.2 Å². The second kappa shape index (κ2) is 5.27. The topological polar surface area (TPSA) is 17.1 Å². The smallest absolute Gasteiger partial charge is 0.192 e. The molecule has 0 heterocycles. The zero-order valence-corrected chi connectivity index (χ0v) is 12.3. The van der Waals surface area contributed by atoms with Crippen LogP contribution in [0.3, 0.4) is 0 Å². The van der Waals surface area contributed by atoms with Crippen molar-refractivity contribution < 1.29 is 4.79 Å². The summed E-state index contributed by atoms with van der Waals surface area (Å²) in [5, 5.41) is 4.72. The maximum atomic E-state index is 12.6. The van der Waals surface area contributed by atoms with E-state index in [1.807, 2.05) is 42.5 Å². The summed E-state index contributed by atoms with van der Waals surface area (Å²) >= 11 is 0. The summed E-state index contributed by atoms with van der Waals surface area (Å²) in [5.74, 6) is 0.117. The number of fused-ring (bicyclic) bond motifs is 2. The van der Waals surface area contributed by atoms with E-state index in [0.717, 1.165) is 29.4 Å². The summed E-state index contributed by atoms with van der Waals surface area (Å²) in [6, 6.07) is 18.6. The fraction of sp³-hybridized carbons (Fsp3) is 0.0952. The van der Waals surface area contributed by atoms with Gasteiger partial charge in [-0.1, -0.05) is 54.6 Å². The van der Waals surface area contributed by atoms with E-state index in [4.69, 9.17) is 0 Å². The fourth-order valence-corrected chi connectivity index (χ4v) is 3.03. The average molecular weight is 284 g/mol. The Morgan fingerprint density at radius 2 is 1.50 bits per heavy atom. The van der Waals surface area contributed by atoms with Crippen LogP contribution in [0.15, 0.2) is 78.4 Å². The van der Waals surface area contributed by atoms with E-state index in [9.17, 15) is 4.79 Å². The van der Waals surface area contributed by atoms with Gasteiger partial charge in [-0.05, 0) is 52.6 Å². The van der Waals surface area contributed by atoms with Crippen molar-refractivity contribution in [2.24, 2.45) is 0 Å². The van der Waals surface area contributed by atoms with Crippen LogP contribution in [0, 0.1) is 0 Å². The number of hydrogen-bond donors (Lipinski definition) is 0. The number of carbonyl (C=O) groups is 1. The highest BCUT2D eigenvalue weighted by atomic mass is 16.1. The molecule has 0 unspecified atom stereocenters. The van der Waals surface area contributed by atoms with Gasteiger partial charge in [0.2, 0.25) is 0 Å². The number of Topliss-reactive ketones (excluding diaryl/α,β-unsaturated/α-hetero) is 1. The first-order valence-corrected chi connectivity index (χ1v) is 7.65. The average Bonchev–Trinajstić information content (AvgIpc) is 2.59. The van der Waals surface area contributed by atoms with Crippen LogP contribution in [-0.4, -0.2) is 5.78 Å². The molecule has 4 rings (SSSR count). The summed E-state index contributed by atoms with van der Waals surface area (Å²) in [4.78, 5) is 12.6. The van der Waals surface area contributed by atoms with Crippen molar-refractivity contribution in [3.05, 3.63) is 84.0 Å². The highest BCUT2D eigenvalue weighted by molar-refractivity contribution is 6.12. The van der Waals surface area contributed by atoms with Crippen molar-refractivity contribution in [1.29, 1.82) is 0 Å². The van der Waals surface area contributed by atoms with E-state index in [-0.39, 0.29) is 5.78 Å². The molecule has 0 N–H and O–H groups in total. The standard InChI is InChI=1S/C21H16O/c22-21(15-6-2-1-3-7-15)19-11-10-18-12-16-8-4-5-9-17(16)13-20(18)14-19/h2,4-14H,1,3H2. The van der Waals surface area contributed by atoms with E-state index in [2.05, 4.69) is 30.3 Å². The third-order valence-electron chi connectivity index (χ3n) is 4.22. The molecule has 0 aromatic heterocycles. The Morgan fingerprint density at radius 1 is 0.773 bits per heavy atom. The number of hydrogen-bond acceptors (Lipinski definition) is 1. The van der Waals surface area contributed by atoms with Crippen LogP contribution in [0.4, 0.5) is 0 Å². The van der Waals surface area contributed by atoms with Crippen LogP contribution >= 0.6 is 0 Å². The van der Waals surface area contributed by atoms with Crippen LogP contribution in [-0.2, 0) is 0 Å². The lowest BCUT2D eigenvalue weighted by Crippen LogP contribution is -2.03. The summed E-state index contributed by atoms with van der Waals surface area (Å²) in [6.07, 6.45) is 8.03. The van der Waals surface area contributed by atoms with Gasteiger partial charge in [-0.3, -0.25) is 4.79 Å². The normalized spacial score (nSPS) is 14.3. The predicted molar refractivity (Wildman–Crippen MR) is 92.2 cm³/mol. The maximum absolute atomic E-state index is 12.6. The summed E-state index contributed by atoms with van der Waals surface area (Å²) in [6.45, 7) is 0. The van der Waals surface area contributed by atoms with Crippen molar-refractivity contribution >= 4 is 27.3 Å². The van der Waals surface area contributed by atoms with Gasteiger partial charge < -0.3 is 0 Å². The maximum Gasteiger partial charge on any atom is 0.192 e. The molecule has 0 amide bonds. The second-order valence-electron chi connectivity index (χ2n) is 5.73. The Kier molecular flexibility index (Phi) is 3.12. The number of carbonyl (C=O) groups excluding carboxylic acids is 1. The Hall–Kier alpha value is -2.67. The quantitative estimate of drug-likeness (QED) is 0.451. The molecule has 0 atom stereocenters. The zero-order chi connectivity index (χ0) is 14.9. The van der Waals surface area contributed by atoms with Gasteiger partial charge in [-0.25, -0.2) is 0 Å². The monoisotopic (exact) mass is 284 g/mol. The first-order valence-electron chi connectivity index (χ1n) is 7.65. The van der Waals surface area contributed by atoms with Crippen molar-refractivity contribution in [1.82, 2.24) is 0 Å². The molecule has 0 fully saturated rings. The first kappa shape index (κ1) is 13.0. The lowest BCUT2D eigenvalue weighted by molar-refractivity contribution is 0.103. The van der Waals surface area contributed by atoms with Gasteiger partial charge in [0.15, 0.2) is 5.78 Å². The Morgan fingerprint density at radius 3 is 2.23 bits per heavy atom. The van der Waals surface area contributed by atoms with E-state index in [0.29, 0.717) is 0 Å². The molecule has 1 nitrogen and oxygen atoms in total. The largest absolute Gasteiger partial charge is 0.289 e. The molecule has 0 spiro atoms. The minimum absolute atomic E-state index is 0.117.